The number of hydrogen-bond donors (Lipinski definition) is 2. The number of β-amino-alcohol motifs (C(OH)–C–C–N with tert-alkyl or cyclic N) is 1. The highest BCUT2D eigenvalue weighted by Crippen LogP contribution is 2.11. The second-order valence-corrected chi connectivity index (χ2v) is 6.01. The number of carbonyl (C=O) groups is 1. The maximum absolute atomic E-state index is 12.0. The van der Waals surface area contributed by atoms with Crippen molar-refractivity contribution in [1.29, 1.82) is 0 Å². The van der Waals surface area contributed by atoms with Crippen molar-refractivity contribution in [3.8, 4) is 0 Å². The number of aliphatic hydroxyl groups is 1. The molecular formula is C12H23N3O2S. The van der Waals surface area contributed by atoms with Gasteiger partial charge in [0.2, 0.25) is 5.91 Å². The van der Waals surface area contributed by atoms with Crippen LogP contribution in [0.2, 0.25) is 0 Å². The van der Waals surface area contributed by atoms with E-state index in [0.29, 0.717) is 19.6 Å². The lowest BCUT2D eigenvalue weighted by Gasteiger charge is -2.38. The molecule has 1 aliphatic heterocycles. The second-order valence-electron chi connectivity index (χ2n) is 5.54. The normalized spacial score (nSPS) is 19.7. The van der Waals surface area contributed by atoms with Gasteiger partial charge in [-0.05, 0) is 20.8 Å². The van der Waals surface area contributed by atoms with Gasteiger partial charge in [-0.2, -0.15) is 0 Å². The van der Waals surface area contributed by atoms with Crippen LogP contribution in [0.4, 0.5) is 0 Å². The van der Waals surface area contributed by atoms with Crippen LogP contribution in [0, 0.1) is 5.92 Å². The Hall–Kier alpha value is -0.720. The largest absolute Gasteiger partial charge is 0.393 e. The van der Waals surface area contributed by atoms with Crippen LogP contribution in [0.25, 0.3) is 0 Å². The van der Waals surface area contributed by atoms with Gasteiger partial charge in [-0.25, -0.2) is 0 Å². The molecule has 0 aromatic heterocycles. The van der Waals surface area contributed by atoms with E-state index in [0.717, 1.165) is 13.1 Å². The fraction of sp³-hybridized carbons (Fsp3) is 0.833. The van der Waals surface area contributed by atoms with Gasteiger partial charge in [-0.1, -0.05) is 12.2 Å². The summed E-state index contributed by atoms with van der Waals surface area (Å²) in [6, 6.07) is 0. The zero-order chi connectivity index (χ0) is 13.9. The van der Waals surface area contributed by atoms with Crippen molar-refractivity contribution < 1.29 is 9.90 Å². The van der Waals surface area contributed by atoms with Crippen LogP contribution in [0.1, 0.15) is 20.8 Å². The highest BCUT2D eigenvalue weighted by atomic mass is 32.1. The van der Waals surface area contributed by atoms with Gasteiger partial charge in [-0.15, -0.1) is 0 Å². The number of piperazine rings is 1. The molecule has 104 valence electrons. The van der Waals surface area contributed by atoms with Gasteiger partial charge in [0, 0.05) is 32.7 Å². The first-order valence-corrected chi connectivity index (χ1v) is 6.64. The zero-order valence-electron chi connectivity index (χ0n) is 11.3. The van der Waals surface area contributed by atoms with Gasteiger partial charge in [0.25, 0.3) is 0 Å². The molecule has 1 amide bonds. The van der Waals surface area contributed by atoms with E-state index in [1.165, 1.54) is 0 Å². The smallest absolute Gasteiger partial charge is 0.232 e. The molecule has 1 heterocycles. The van der Waals surface area contributed by atoms with Crippen molar-refractivity contribution in [1.82, 2.24) is 9.80 Å². The summed E-state index contributed by atoms with van der Waals surface area (Å²) in [5.41, 5.74) is 4.80. The van der Waals surface area contributed by atoms with E-state index in [4.69, 9.17) is 18.0 Å². The van der Waals surface area contributed by atoms with Gasteiger partial charge in [0.05, 0.1) is 16.5 Å². The van der Waals surface area contributed by atoms with Crippen LogP contribution in [0.15, 0.2) is 0 Å². The third-order valence-corrected chi connectivity index (χ3v) is 3.45. The topological polar surface area (TPSA) is 69.8 Å². The van der Waals surface area contributed by atoms with Gasteiger partial charge in [0.1, 0.15) is 0 Å². The minimum Gasteiger partial charge on any atom is -0.393 e. The molecule has 1 unspecified atom stereocenters. The molecule has 18 heavy (non-hydrogen) atoms. The summed E-state index contributed by atoms with van der Waals surface area (Å²) in [5, 5.41) is 9.75. The molecule has 1 rings (SSSR count). The summed E-state index contributed by atoms with van der Waals surface area (Å²) in [6.07, 6.45) is 0. The first-order chi connectivity index (χ1) is 8.20. The first-order valence-electron chi connectivity index (χ1n) is 6.23. The number of rotatable bonds is 4. The van der Waals surface area contributed by atoms with E-state index < -0.39 is 5.60 Å². The van der Waals surface area contributed by atoms with Gasteiger partial charge in [-0.3, -0.25) is 9.69 Å². The standard InChI is InChI=1S/C12H23N3O2S/c1-9(10(13)18)11(16)15-6-4-14(5-7-15)8-12(2,3)17/h9,17H,4-8H2,1-3H3,(H2,13,18). The summed E-state index contributed by atoms with van der Waals surface area (Å²) >= 11 is 4.85. The average molecular weight is 273 g/mol. The van der Waals surface area contributed by atoms with Crippen LogP contribution in [0.3, 0.4) is 0 Å². The first kappa shape index (κ1) is 15.3. The van der Waals surface area contributed by atoms with Crippen LogP contribution < -0.4 is 5.73 Å². The van der Waals surface area contributed by atoms with Gasteiger partial charge in [0.15, 0.2) is 0 Å². The Morgan fingerprint density at radius 3 is 2.28 bits per heavy atom. The number of nitrogens with two attached hydrogens (primary N) is 1. The Kier molecular flexibility index (Phi) is 5.07. The Morgan fingerprint density at radius 2 is 1.89 bits per heavy atom. The Bertz CT molecular complexity index is 320. The Balaban J connectivity index is 2.44. The van der Waals surface area contributed by atoms with E-state index in [1.807, 2.05) is 0 Å². The van der Waals surface area contributed by atoms with E-state index >= 15 is 0 Å². The quantitative estimate of drug-likeness (QED) is 0.696. The predicted octanol–water partition coefficient (Wildman–Crippen LogP) is -0.176. The molecule has 0 aromatic rings. The number of thiocarbonyl (C=S) groups is 1. The van der Waals surface area contributed by atoms with Gasteiger partial charge >= 0.3 is 0 Å². The molecule has 1 saturated heterocycles. The molecule has 0 saturated carbocycles. The number of carbonyl (C=O) groups excluding carboxylic acids is 1. The second kappa shape index (κ2) is 5.95. The number of hydrogen-bond acceptors (Lipinski definition) is 4. The lowest BCUT2D eigenvalue weighted by atomic mass is 10.1. The molecule has 3 N–H and O–H groups in total. The highest BCUT2D eigenvalue weighted by molar-refractivity contribution is 7.80. The zero-order valence-corrected chi connectivity index (χ0v) is 12.2. The van der Waals surface area contributed by atoms with Gasteiger partial charge < -0.3 is 15.7 Å². The molecule has 1 atom stereocenters. The summed E-state index contributed by atoms with van der Waals surface area (Å²) in [5.74, 6) is -0.383. The summed E-state index contributed by atoms with van der Waals surface area (Å²) in [6.45, 7) is 8.84. The van der Waals surface area contributed by atoms with E-state index in [-0.39, 0.29) is 16.8 Å². The lowest BCUT2D eigenvalue weighted by molar-refractivity contribution is -0.134. The molecule has 0 spiro atoms. The van der Waals surface area contributed by atoms with Crippen molar-refractivity contribution >= 4 is 23.1 Å². The average Bonchev–Trinajstić information content (AvgIpc) is 2.26. The van der Waals surface area contributed by atoms with Crippen LogP contribution in [-0.2, 0) is 4.79 Å². The minimum absolute atomic E-state index is 0.00501. The summed E-state index contributed by atoms with van der Waals surface area (Å²) < 4.78 is 0. The molecule has 0 radical (unpaired) electrons. The van der Waals surface area contributed by atoms with Crippen molar-refractivity contribution in [3.63, 3.8) is 0 Å². The molecule has 1 fully saturated rings. The lowest BCUT2D eigenvalue weighted by Crippen LogP contribution is -2.53. The molecule has 5 nitrogen and oxygen atoms in total. The summed E-state index contributed by atoms with van der Waals surface area (Å²) in [4.78, 5) is 16.2. The van der Waals surface area contributed by atoms with E-state index in [9.17, 15) is 9.90 Å². The Labute approximate surface area is 114 Å². The fourth-order valence-electron chi connectivity index (χ4n) is 2.07. The predicted molar refractivity (Wildman–Crippen MR) is 75.3 cm³/mol. The van der Waals surface area contributed by atoms with Crippen molar-refractivity contribution in [2.45, 2.75) is 26.4 Å². The molecule has 0 bridgehead atoms. The molecule has 1 aliphatic rings. The third-order valence-electron chi connectivity index (χ3n) is 3.09. The number of amides is 1. The monoisotopic (exact) mass is 273 g/mol. The molecule has 0 aromatic carbocycles. The van der Waals surface area contributed by atoms with E-state index in [1.54, 1.807) is 25.7 Å². The highest BCUT2D eigenvalue weighted by Gasteiger charge is 2.27. The third kappa shape index (κ3) is 4.51. The van der Waals surface area contributed by atoms with Crippen molar-refractivity contribution in [2.24, 2.45) is 11.7 Å². The fourth-order valence-corrected chi connectivity index (χ4v) is 2.17. The van der Waals surface area contributed by atoms with Crippen molar-refractivity contribution in [2.75, 3.05) is 32.7 Å². The molecule has 0 aliphatic carbocycles. The van der Waals surface area contributed by atoms with E-state index in [2.05, 4.69) is 4.90 Å². The summed E-state index contributed by atoms with van der Waals surface area (Å²) in [7, 11) is 0. The Morgan fingerprint density at radius 1 is 1.39 bits per heavy atom. The maximum atomic E-state index is 12.0. The minimum atomic E-state index is -0.696. The van der Waals surface area contributed by atoms with Crippen LogP contribution in [-0.4, -0.2) is 64.1 Å². The van der Waals surface area contributed by atoms with Crippen LogP contribution in [0.5, 0.6) is 0 Å². The SMILES string of the molecule is CC(C(=O)N1CCN(CC(C)(C)O)CC1)C(N)=S. The molecular weight excluding hydrogens is 250 g/mol. The van der Waals surface area contributed by atoms with Crippen molar-refractivity contribution in [3.05, 3.63) is 0 Å². The maximum Gasteiger partial charge on any atom is 0.232 e. The van der Waals surface area contributed by atoms with Crippen LogP contribution >= 0.6 is 12.2 Å². The number of nitrogens with zero attached hydrogens (tertiary/aromatic N) is 2. The molecule has 6 heteroatoms.